The number of hydrogen-bond donors (Lipinski definition) is 2. The molecule has 0 spiro atoms. The molecule has 0 unspecified atom stereocenters. The fraction of sp³-hybridized carbons (Fsp3) is 0.125. The summed E-state index contributed by atoms with van der Waals surface area (Å²) in [6.07, 6.45) is 3.04. The van der Waals surface area contributed by atoms with Crippen molar-refractivity contribution in [2.45, 2.75) is 6.54 Å². The highest BCUT2D eigenvalue weighted by atomic mass is 79.9. The fourth-order valence-corrected chi connectivity index (χ4v) is 2.19. The van der Waals surface area contributed by atoms with E-state index in [4.69, 9.17) is 5.73 Å². The van der Waals surface area contributed by atoms with Crippen LogP contribution in [-0.4, -0.2) is 14.5 Å². The van der Waals surface area contributed by atoms with Crippen LogP contribution in [-0.2, 0) is 6.54 Å². The predicted molar refractivity (Wildman–Crippen MR) is 64.7 cm³/mol. The lowest BCUT2D eigenvalue weighted by molar-refractivity contribution is 0.723. The van der Waals surface area contributed by atoms with Crippen molar-refractivity contribution >= 4 is 32.4 Å². The number of anilines is 1. The van der Waals surface area contributed by atoms with Gasteiger partial charge in [-0.05, 0) is 15.9 Å². The van der Waals surface area contributed by atoms with Gasteiger partial charge in [0.15, 0.2) is 5.13 Å². The normalized spacial score (nSPS) is 10.6. The van der Waals surface area contributed by atoms with Crippen LogP contribution in [0.1, 0.15) is 4.88 Å². The first-order valence-electron chi connectivity index (χ1n) is 4.25. The second kappa shape index (κ2) is 4.22. The molecule has 0 bridgehead atoms. The van der Waals surface area contributed by atoms with Crippen LogP contribution in [0.4, 0.5) is 5.13 Å². The predicted octanol–water partition coefficient (Wildman–Crippen LogP) is 0.386. The number of nitrogens with one attached hydrogen (secondary N) is 1. The molecule has 0 saturated heterocycles. The Hall–Kier alpha value is -1.41. The van der Waals surface area contributed by atoms with Crippen molar-refractivity contribution in [2.75, 3.05) is 5.73 Å². The van der Waals surface area contributed by atoms with E-state index in [2.05, 4.69) is 25.9 Å². The summed E-state index contributed by atoms with van der Waals surface area (Å²) in [4.78, 5) is 29.5. The Labute approximate surface area is 102 Å². The standard InChI is InChI=1S/C8H7BrN4O2S/c9-5-3-13(8(15)12-6(5)14)2-4-1-11-7(10)16-4/h1,3H,2H2,(H2,10,11)(H,12,14,15). The molecule has 6 nitrogen and oxygen atoms in total. The number of nitrogen functional groups attached to an aromatic ring is 1. The Morgan fingerprint density at radius 1 is 1.56 bits per heavy atom. The summed E-state index contributed by atoms with van der Waals surface area (Å²) in [6.45, 7) is 0.336. The molecule has 0 aliphatic carbocycles. The van der Waals surface area contributed by atoms with Gasteiger partial charge >= 0.3 is 5.69 Å². The summed E-state index contributed by atoms with van der Waals surface area (Å²) in [5.41, 5.74) is 4.58. The second-order valence-corrected chi connectivity index (χ2v) is 5.03. The van der Waals surface area contributed by atoms with E-state index in [9.17, 15) is 9.59 Å². The minimum absolute atomic E-state index is 0.310. The van der Waals surface area contributed by atoms with E-state index >= 15 is 0 Å². The first-order chi connectivity index (χ1) is 7.56. The van der Waals surface area contributed by atoms with Gasteiger partial charge in [0.25, 0.3) is 5.56 Å². The Bertz CT molecular complexity index is 629. The summed E-state index contributed by atoms with van der Waals surface area (Å²) < 4.78 is 1.68. The lowest BCUT2D eigenvalue weighted by atomic mass is 10.5. The van der Waals surface area contributed by atoms with Gasteiger partial charge in [-0.25, -0.2) is 9.78 Å². The maximum Gasteiger partial charge on any atom is 0.328 e. The van der Waals surface area contributed by atoms with Crippen LogP contribution in [0.25, 0.3) is 0 Å². The number of aromatic nitrogens is 3. The summed E-state index contributed by atoms with van der Waals surface area (Å²) in [5, 5.41) is 0.450. The highest BCUT2D eigenvalue weighted by Crippen LogP contribution is 2.15. The number of aromatic amines is 1. The Morgan fingerprint density at radius 2 is 2.31 bits per heavy atom. The third-order valence-electron chi connectivity index (χ3n) is 1.87. The number of rotatable bonds is 2. The minimum Gasteiger partial charge on any atom is -0.375 e. The van der Waals surface area contributed by atoms with E-state index in [-0.39, 0.29) is 0 Å². The highest BCUT2D eigenvalue weighted by molar-refractivity contribution is 9.10. The van der Waals surface area contributed by atoms with Gasteiger partial charge < -0.3 is 5.73 Å². The van der Waals surface area contributed by atoms with Gasteiger partial charge in [0, 0.05) is 17.3 Å². The first kappa shape index (κ1) is 11.1. The Kier molecular flexibility index (Phi) is 2.92. The van der Waals surface area contributed by atoms with Crippen LogP contribution in [0.2, 0.25) is 0 Å². The van der Waals surface area contributed by atoms with Crippen LogP contribution in [0.15, 0.2) is 26.5 Å². The molecule has 3 N–H and O–H groups in total. The molecule has 0 aliphatic rings. The van der Waals surface area contributed by atoms with Gasteiger partial charge in [0.2, 0.25) is 0 Å². The molecule has 2 aromatic heterocycles. The van der Waals surface area contributed by atoms with Gasteiger partial charge in [0.05, 0.1) is 11.0 Å². The van der Waals surface area contributed by atoms with Gasteiger partial charge in [-0.15, -0.1) is 11.3 Å². The van der Waals surface area contributed by atoms with Gasteiger partial charge in [-0.3, -0.25) is 14.3 Å². The SMILES string of the molecule is Nc1ncc(Cn2cc(Br)c(=O)[nH]c2=O)s1. The van der Waals surface area contributed by atoms with Crippen LogP contribution in [0.5, 0.6) is 0 Å². The topological polar surface area (TPSA) is 93.8 Å². The molecule has 8 heteroatoms. The van der Waals surface area contributed by atoms with Gasteiger partial charge in [0.1, 0.15) is 0 Å². The third-order valence-corrected chi connectivity index (χ3v) is 3.24. The molecule has 0 fully saturated rings. The largest absolute Gasteiger partial charge is 0.375 e. The lowest BCUT2D eigenvalue weighted by Gasteiger charge is -2.02. The van der Waals surface area contributed by atoms with Crippen molar-refractivity contribution in [1.29, 1.82) is 0 Å². The molecular formula is C8H7BrN4O2S. The maximum atomic E-state index is 11.4. The molecule has 0 amide bonds. The Morgan fingerprint density at radius 3 is 2.94 bits per heavy atom. The number of hydrogen-bond acceptors (Lipinski definition) is 5. The van der Waals surface area contributed by atoms with E-state index in [1.165, 1.54) is 22.1 Å². The summed E-state index contributed by atoms with van der Waals surface area (Å²) in [7, 11) is 0. The molecule has 16 heavy (non-hydrogen) atoms. The third kappa shape index (κ3) is 2.22. The fourth-order valence-electron chi connectivity index (χ4n) is 1.16. The average molecular weight is 303 g/mol. The summed E-state index contributed by atoms with van der Waals surface area (Å²) >= 11 is 4.36. The van der Waals surface area contributed by atoms with E-state index in [1.54, 1.807) is 6.20 Å². The molecule has 0 aromatic carbocycles. The van der Waals surface area contributed by atoms with Crippen molar-refractivity contribution in [3.63, 3.8) is 0 Å². The first-order valence-corrected chi connectivity index (χ1v) is 5.86. The number of nitrogens with two attached hydrogens (primary N) is 1. The molecule has 0 atom stereocenters. The van der Waals surface area contributed by atoms with Crippen LogP contribution in [0, 0.1) is 0 Å². The number of thiazole rings is 1. The Balaban J connectivity index is 2.39. The van der Waals surface area contributed by atoms with Crippen molar-refractivity contribution in [1.82, 2.24) is 14.5 Å². The maximum absolute atomic E-state index is 11.4. The molecule has 2 heterocycles. The quantitative estimate of drug-likeness (QED) is 0.839. The number of halogens is 1. The number of nitrogens with zero attached hydrogens (tertiary/aromatic N) is 2. The van der Waals surface area contributed by atoms with Crippen molar-refractivity contribution < 1.29 is 0 Å². The van der Waals surface area contributed by atoms with Crippen LogP contribution < -0.4 is 17.0 Å². The highest BCUT2D eigenvalue weighted by Gasteiger charge is 2.04. The summed E-state index contributed by atoms with van der Waals surface area (Å²) in [5.74, 6) is 0. The van der Waals surface area contributed by atoms with E-state index < -0.39 is 11.2 Å². The summed E-state index contributed by atoms with van der Waals surface area (Å²) in [6, 6.07) is 0. The molecule has 0 saturated carbocycles. The average Bonchev–Trinajstić information content (AvgIpc) is 2.60. The van der Waals surface area contributed by atoms with Crippen molar-refractivity contribution in [3.05, 3.63) is 42.6 Å². The van der Waals surface area contributed by atoms with Gasteiger partial charge in [-0.2, -0.15) is 0 Å². The van der Waals surface area contributed by atoms with Crippen molar-refractivity contribution in [2.24, 2.45) is 0 Å². The molecule has 0 aliphatic heterocycles. The number of H-pyrrole nitrogens is 1. The van der Waals surface area contributed by atoms with E-state index in [0.29, 0.717) is 16.1 Å². The zero-order chi connectivity index (χ0) is 11.7. The van der Waals surface area contributed by atoms with E-state index in [1.807, 2.05) is 0 Å². The minimum atomic E-state index is -0.458. The zero-order valence-corrected chi connectivity index (χ0v) is 10.3. The van der Waals surface area contributed by atoms with Crippen LogP contribution >= 0.6 is 27.3 Å². The molecule has 2 aromatic rings. The molecular weight excluding hydrogens is 296 g/mol. The zero-order valence-electron chi connectivity index (χ0n) is 7.94. The second-order valence-electron chi connectivity index (χ2n) is 3.03. The van der Waals surface area contributed by atoms with Crippen LogP contribution in [0.3, 0.4) is 0 Å². The smallest absolute Gasteiger partial charge is 0.328 e. The van der Waals surface area contributed by atoms with Gasteiger partial charge in [-0.1, -0.05) is 0 Å². The molecule has 84 valence electrons. The monoisotopic (exact) mass is 302 g/mol. The molecule has 0 radical (unpaired) electrons. The van der Waals surface area contributed by atoms with Crippen molar-refractivity contribution in [3.8, 4) is 0 Å². The van der Waals surface area contributed by atoms with E-state index in [0.717, 1.165) is 4.88 Å². The molecule has 2 rings (SSSR count). The lowest BCUT2D eigenvalue weighted by Crippen LogP contribution is -2.29.